The van der Waals surface area contributed by atoms with Crippen molar-refractivity contribution >= 4 is 16.0 Å². The van der Waals surface area contributed by atoms with Crippen LogP contribution in [0, 0.1) is 26.0 Å². The zero-order valence-electron chi connectivity index (χ0n) is 11.2. The Morgan fingerprint density at radius 2 is 1.80 bits per heavy atom. The van der Waals surface area contributed by atoms with E-state index in [1.165, 1.54) is 0 Å². The summed E-state index contributed by atoms with van der Waals surface area (Å²) in [6.45, 7) is 5.23. The average molecular weight is 298 g/mol. The number of nitrogens with zero attached hydrogens (tertiary/aromatic N) is 3. The number of nitrogens with one attached hydrogen (secondary N) is 1. The molecular formula is C11H14N4O4S. The Balaban J connectivity index is 2.61. The van der Waals surface area contributed by atoms with Gasteiger partial charge in [0.15, 0.2) is 0 Å². The maximum atomic E-state index is 12.5. The Morgan fingerprint density at radius 1 is 1.25 bits per heavy atom. The van der Waals surface area contributed by atoms with Crippen LogP contribution in [0.5, 0.6) is 0 Å². The molecule has 0 bridgehead atoms. The molecule has 0 fully saturated rings. The molecule has 9 heteroatoms. The summed E-state index contributed by atoms with van der Waals surface area (Å²) in [6.07, 6.45) is 0.886. The first-order valence-electron chi connectivity index (χ1n) is 5.72. The fraction of sp³-hybridized carbons (Fsp3) is 0.273. The van der Waals surface area contributed by atoms with E-state index >= 15 is 0 Å². The van der Waals surface area contributed by atoms with Crippen molar-refractivity contribution in [2.24, 2.45) is 0 Å². The summed E-state index contributed by atoms with van der Waals surface area (Å²) in [4.78, 5) is 3.57. The molecule has 108 valence electrons. The summed E-state index contributed by atoms with van der Waals surface area (Å²) >= 11 is 0. The summed E-state index contributed by atoms with van der Waals surface area (Å²) in [5.74, 6) is -0.559. The highest BCUT2D eigenvalue weighted by Crippen LogP contribution is 2.23. The molecule has 0 radical (unpaired) electrons. The van der Waals surface area contributed by atoms with Crippen LogP contribution in [-0.4, -0.2) is 27.8 Å². The van der Waals surface area contributed by atoms with Gasteiger partial charge in [-0.25, -0.2) is 5.21 Å². The van der Waals surface area contributed by atoms with Crippen LogP contribution in [0.4, 0.5) is 5.95 Å². The SMILES string of the molecule is Cc1cc(C)c(S(=O)(=O)n2cnc([NH+]([O-])O)n2)c(C)c1. The molecule has 0 amide bonds. The van der Waals surface area contributed by atoms with Crippen molar-refractivity contribution < 1.29 is 18.9 Å². The van der Waals surface area contributed by atoms with Crippen LogP contribution >= 0.6 is 0 Å². The Hall–Kier alpha value is -1.81. The fourth-order valence-corrected chi connectivity index (χ4v) is 3.60. The summed E-state index contributed by atoms with van der Waals surface area (Å²) in [5, 5.41) is 21.6. The zero-order chi connectivity index (χ0) is 15.1. The second-order valence-electron chi connectivity index (χ2n) is 4.48. The maximum absolute atomic E-state index is 12.5. The molecule has 0 saturated carbocycles. The molecule has 1 atom stereocenters. The molecule has 0 spiro atoms. The van der Waals surface area contributed by atoms with Crippen molar-refractivity contribution in [3.05, 3.63) is 40.4 Å². The van der Waals surface area contributed by atoms with E-state index in [0.717, 1.165) is 11.9 Å². The van der Waals surface area contributed by atoms with E-state index in [4.69, 9.17) is 5.21 Å². The topological polar surface area (TPSA) is 113 Å². The first-order valence-corrected chi connectivity index (χ1v) is 7.16. The minimum absolute atomic E-state index is 0.116. The van der Waals surface area contributed by atoms with Gasteiger partial charge in [-0.1, -0.05) is 22.8 Å². The van der Waals surface area contributed by atoms with Crippen LogP contribution in [0.3, 0.4) is 0 Å². The van der Waals surface area contributed by atoms with E-state index in [-0.39, 0.29) is 4.90 Å². The Bertz CT molecular complexity index is 729. The van der Waals surface area contributed by atoms with Gasteiger partial charge in [-0.05, 0) is 31.9 Å². The summed E-state index contributed by atoms with van der Waals surface area (Å²) in [7, 11) is -3.95. The number of rotatable bonds is 3. The van der Waals surface area contributed by atoms with Crippen LogP contribution in [0.2, 0.25) is 0 Å². The van der Waals surface area contributed by atoms with Gasteiger partial charge in [0.05, 0.1) is 4.90 Å². The standard InChI is InChI=1S/C11H14N4O4S/c1-7-4-8(2)10(9(3)5-7)20(18,19)14-6-12-11(13-14)15(16)17/h4-6,15-16H,1-3H3. The minimum Gasteiger partial charge on any atom is -0.592 e. The number of aromatic nitrogens is 3. The monoisotopic (exact) mass is 298 g/mol. The molecule has 1 aromatic carbocycles. The maximum Gasteiger partial charge on any atom is 0.380 e. The lowest BCUT2D eigenvalue weighted by molar-refractivity contribution is -0.995. The number of hydrogen-bond acceptors (Lipinski definition) is 6. The van der Waals surface area contributed by atoms with Gasteiger partial charge in [-0.2, -0.15) is 18.6 Å². The second kappa shape index (κ2) is 4.94. The third-order valence-corrected chi connectivity index (χ3v) is 4.60. The van der Waals surface area contributed by atoms with E-state index in [1.54, 1.807) is 26.0 Å². The van der Waals surface area contributed by atoms with Gasteiger partial charge in [0.2, 0.25) is 0 Å². The molecule has 20 heavy (non-hydrogen) atoms. The molecule has 8 nitrogen and oxygen atoms in total. The number of benzene rings is 1. The lowest BCUT2D eigenvalue weighted by atomic mass is 10.1. The van der Waals surface area contributed by atoms with Crippen molar-refractivity contribution in [3.8, 4) is 0 Å². The molecule has 0 aliphatic rings. The average Bonchev–Trinajstić information content (AvgIpc) is 2.76. The quantitative estimate of drug-likeness (QED) is 0.762. The van der Waals surface area contributed by atoms with Crippen molar-refractivity contribution in [2.45, 2.75) is 25.7 Å². The Labute approximate surface area is 115 Å². The largest absolute Gasteiger partial charge is 0.592 e. The van der Waals surface area contributed by atoms with Crippen LogP contribution in [0.15, 0.2) is 23.4 Å². The van der Waals surface area contributed by atoms with Crippen molar-refractivity contribution in [1.82, 2.24) is 14.2 Å². The first-order chi connectivity index (χ1) is 9.23. The van der Waals surface area contributed by atoms with Crippen molar-refractivity contribution in [2.75, 3.05) is 0 Å². The molecular weight excluding hydrogens is 284 g/mol. The smallest absolute Gasteiger partial charge is 0.380 e. The van der Waals surface area contributed by atoms with Crippen LogP contribution in [-0.2, 0) is 10.0 Å². The fourth-order valence-electron chi connectivity index (χ4n) is 2.13. The predicted octanol–water partition coefficient (Wildman–Crippen LogP) is -0.156. The highest BCUT2D eigenvalue weighted by Gasteiger charge is 2.24. The van der Waals surface area contributed by atoms with Crippen LogP contribution in [0.25, 0.3) is 0 Å². The van der Waals surface area contributed by atoms with Crippen LogP contribution in [0.1, 0.15) is 16.7 Å². The van der Waals surface area contributed by atoms with Gasteiger partial charge in [0.25, 0.3) is 10.0 Å². The molecule has 1 heterocycles. The third-order valence-electron chi connectivity index (χ3n) is 2.77. The van der Waals surface area contributed by atoms with Crippen molar-refractivity contribution in [3.63, 3.8) is 0 Å². The summed E-state index contributed by atoms with van der Waals surface area (Å²) in [5.41, 5.74) is 2.11. The molecule has 0 saturated heterocycles. The molecule has 2 N–H and O–H groups in total. The summed E-state index contributed by atoms with van der Waals surface area (Å²) < 4.78 is 25.6. The highest BCUT2D eigenvalue weighted by molar-refractivity contribution is 7.90. The van der Waals surface area contributed by atoms with Crippen molar-refractivity contribution in [1.29, 1.82) is 0 Å². The van der Waals surface area contributed by atoms with E-state index in [1.807, 2.05) is 6.92 Å². The molecule has 2 aromatic rings. The van der Waals surface area contributed by atoms with E-state index in [2.05, 4.69) is 10.1 Å². The molecule has 0 aliphatic carbocycles. The number of hydrogen-bond donors (Lipinski definition) is 2. The van der Waals surface area contributed by atoms with E-state index in [9.17, 15) is 13.6 Å². The van der Waals surface area contributed by atoms with Gasteiger partial charge >= 0.3 is 5.95 Å². The van der Waals surface area contributed by atoms with Crippen LogP contribution < -0.4 is 5.23 Å². The normalized spacial score (nSPS) is 13.4. The third kappa shape index (κ3) is 2.43. The molecule has 0 aliphatic heterocycles. The number of aryl methyl sites for hydroxylation is 3. The highest BCUT2D eigenvalue weighted by atomic mass is 32.2. The first kappa shape index (κ1) is 14.6. The Morgan fingerprint density at radius 3 is 2.25 bits per heavy atom. The molecule has 2 rings (SSSR count). The predicted molar refractivity (Wildman–Crippen MR) is 69.0 cm³/mol. The van der Waals surface area contributed by atoms with Gasteiger partial charge in [-0.3, -0.25) is 0 Å². The molecule has 1 aromatic heterocycles. The van der Waals surface area contributed by atoms with Gasteiger partial charge in [0, 0.05) is 0 Å². The minimum atomic E-state index is -3.95. The van der Waals surface area contributed by atoms with E-state index < -0.39 is 21.2 Å². The summed E-state index contributed by atoms with van der Waals surface area (Å²) in [6, 6.07) is 3.49. The lowest BCUT2D eigenvalue weighted by Crippen LogP contribution is -2.99. The van der Waals surface area contributed by atoms with Gasteiger partial charge in [0.1, 0.15) is 6.33 Å². The Kier molecular flexibility index (Phi) is 3.61. The number of quaternary nitrogens is 1. The van der Waals surface area contributed by atoms with E-state index in [0.29, 0.717) is 15.2 Å². The lowest BCUT2D eigenvalue weighted by Gasteiger charge is -2.11. The molecule has 1 unspecified atom stereocenters. The second-order valence-corrected chi connectivity index (χ2v) is 6.21. The van der Waals surface area contributed by atoms with Gasteiger partial charge in [-0.15, -0.1) is 4.09 Å². The zero-order valence-corrected chi connectivity index (χ0v) is 12.0. The van der Waals surface area contributed by atoms with Gasteiger partial charge < -0.3 is 5.21 Å².